The summed E-state index contributed by atoms with van der Waals surface area (Å²) in [7, 11) is 3.23. The Balaban J connectivity index is 1.37. The van der Waals surface area contributed by atoms with E-state index in [1.165, 1.54) is 0 Å². The number of methoxy groups -OCH3 is 2. The molecule has 1 aliphatic heterocycles. The summed E-state index contributed by atoms with van der Waals surface area (Å²) in [6.45, 7) is 1.70. The van der Waals surface area contributed by atoms with Gasteiger partial charge in [-0.25, -0.2) is 0 Å². The topological polar surface area (TPSA) is 58.2 Å². The highest BCUT2D eigenvalue weighted by Crippen LogP contribution is 2.39. The number of ether oxygens (including phenoxy) is 5. The molecule has 3 aromatic carbocycles. The highest BCUT2D eigenvalue weighted by atomic mass is 16.6. The predicted molar refractivity (Wildman–Crippen MR) is 119 cm³/mol. The molecule has 0 radical (unpaired) electrons. The smallest absolute Gasteiger partial charge is 0.203 e. The van der Waals surface area contributed by atoms with Gasteiger partial charge in [0.1, 0.15) is 6.61 Å². The second kappa shape index (κ2) is 10.1. The van der Waals surface area contributed by atoms with Crippen LogP contribution in [0.15, 0.2) is 72.8 Å². The van der Waals surface area contributed by atoms with Gasteiger partial charge in [0, 0.05) is 13.1 Å². The van der Waals surface area contributed by atoms with E-state index in [4.69, 9.17) is 23.7 Å². The van der Waals surface area contributed by atoms with E-state index < -0.39 is 0 Å². The first-order valence-corrected chi connectivity index (χ1v) is 10.3. The molecule has 31 heavy (non-hydrogen) atoms. The summed E-state index contributed by atoms with van der Waals surface area (Å²) < 4.78 is 29.2. The Labute approximate surface area is 182 Å². The molecule has 4 rings (SSSR count). The highest BCUT2D eigenvalue weighted by molar-refractivity contribution is 5.51. The van der Waals surface area contributed by atoms with Crippen molar-refractivity contribution in [3.05, 3.63) is 78.4 Å². The van der Waals surface area contributed by atoms with Crippen LogP contribution in [0.25, 0.3) is 0 Å². The molecule has 0 saturated heterocycles. The fraction of sp³-hybridized carbons (Fsp3) is 0.280. The number of nitrogens with one attached hydrogen (secondary N) is 1. The van der Waals surface area contributed by atoms with Crippen molar-refractivity contribution in [2.75, 3.05) is 33.9 Å². The predicted octanol–water partition coefficient (Wildman–Crippen LogP) is 4.25. The second-order valence-corrected chi connectivity index (χ2v) is 7.10. The molecule has 0 spiro atoms. The van der Waals surface area contributed by atoms with Gasteiger partial charge in [-0.15, -0.1) is 0 Å². The number of hydrogen-bond donors (Lipinski definition) is 1. The summed E-state index contributed by atoms with van der Waals surface area (Å²) in [5, 5.41) is 3.42. The highest BCUT2D eigenvalue weighted by Gasteiger charge is 2.32. The molecule has 0 saturated carbocycles. The Bertz CT molecular complexity index is 956. The van der Waals surface area contributed by atoms with Crippen LogP contribution in [-0.4, -0.2) is 40.0 Å². The lowest BCUT2D eigenvalue weighted by atomic mass is 10.0. The summed E-state index contributed by atoms with van der Waals surface area (Å²) in [5.41, 5.74) is 1.08. The molecule has 0 bridgehead atoms. The number of para-hydroxylation sites is 3. The van der Waals surface area contributed by atoms with Crippen LogP contribution >= 0.6 is 0 Å². The summed E-state index contributed by atoms with van der Waals surface area (Å²) in [4.78, 5) is 0. The number of rotatable bonds is 9. The normalized spacial score (nSPS) is 17.1. The number of hydrogen-bond acceptors (Lipinski definition) is 6. The molecule has 1 heterocycles. The second-order valence-electron chi connectivity index (χ2n) is 7.10. The average molecular weight is 421 g/mol. The molecular formula is C25H27NO5. The van der Waals surface area contributed by atoms with Crippen molar-refractivity contribution >= 4 is 0 Å². The van der Waals surface area contributed by atoms with Gasteiger partial charge in [-0.2, -0.15) is 0 Å². The Morgan fingerprint density at radius 1 is 0.774 bits per heavy atom. The Morgan fingerprint density at radius 3 is 2.10 bits per heavy atom. The Kier molecular flexibility index (Phi) is 6.79. The van der Waals surface area contributed by atoms with Crippen molar-refractivity contribution in [3.8, 4) is 28.7 Å². The Hall–Kier alpha value is -3.38. The van der Waals surface area contributed by atoms with Gasteiger partial charge in [-0.1, -0.05) is 48.5 Å². The zero-order valence-electron chi connectivity index (χ0n) is 17.7. The summed E-state index contributed by atoms with van der Waals surface area (Å²) in [6, 6.07) is 23.5. The standard InChI is InChI=1S/C25H27NO5/c1-27-21-13-8-14-22(28-2)25(21)29-16-15-26-17-23-24(18-9-4-3-5-10-18)31-20-12-7-6-11-19(20)30-23/h3-14,23-24,26H,15-17H2,1-2H3/t23-,24+/m1/s1. The molecule has 0 amide bonds. The minimum Gasteiger partial charge on any atom is -0.493 e. The molecular weight excluding hydrogens is 394 g/mol. The van der Waals surface area contributed by atoms with Crippen LogP contribution in [0.1, 0.15) is 11.7 Å². The fourth-order valence-electron chi connectivity index (χ4n) is 3.59. The lowest BCUT2D eigenvalue weighted by molar-refractivity contribution is 0.0198. The fourth-order valence-corrected chi connectivity index (χ4v) is 3.59. The molecule has 162 valence electrons. The van der Waals surface area contributed by atoms with Crippen molar-refractivity contribution in [1.82, 2.24) is 5.32 Å². The van der Waals surface area contributed by atoms with Gasteiger partial charge in [0.2, 0.25) is 5.75 Å². The first-order valence-electron chi connectivity index (χ1n) is 10.3. The van der Waals surface area contributed by atoms with Gasteiger partial charge in [0.05, 0.1) is 14.2 Å². The van der Waals surface area contributed by atoms with E-state index in [1.54, 1.807) is 14.2 Å². The molecule has 2 atom stereocenters. The van der Waals surface area contributed by atoms with E-state index >= 15 is 0 Å². The molecule has 6 nitrogen and oxygen atoms in total. The van der Waals surface area contributed by atoms with Gasteiger partial charge in [0.25, 0.3) is 0 Å². The van der Waals surface area contributed by atoms with Gasteiger partial charge in [-0.05, 0) is 29.8 Å². The SMILES string of the molecule is COc1cccc(OC)c1OCCNC[C@H]1Oc2ccccc2O[C@H]1c1ccccc1. The minimum atomic E-state index is -0.196. The first-order chi connectivity index (χ1) is 15.3. The van der Waals surface area contributed by atoms with Gasteiger partial charge >= 0.3 is 0 Å². The largest absolute Gasteiger partial charge is 0.493 e. The number of fused-ring (bicyclic) bond motifs is 1. The molecule has 1 aliphatic rings. The monoisotopic (exact) mass is 421 g/mol. The molecule has 0 aromatic heterocycles. The molecule has 0 fully saturated rings. The van der Waals surface area contributed by atoms with E-state index in [0.29, 0.717) is 36.9 Å². The van der Waals surface area contributed by atoms with Gasteiger partial charge in [-0.3, -0.25) is 0 Å². The molecule has 6 heteroatoms. The van der Waals surface area contributed by atoms with Crippen molar-refractivity contribution in [2.45, 2.75) is 12.2 Å². The maximum Gasteiger partial charge on any atom is 0.203 e. The zero-order valence-corrected chi connectivity index (χ0v) is 17.7. The lowest BCUT2D eigenvalue weighted by Gasteiger charge is -2.34. The van der Waals surface area contributed by atoms with E-state index in [-0.39, 0.29) is 12.2 Å². The molecule has 3 aromatic rings. The van der Waals surface area contributed by atoms with Crippen molar-refractivity contribution in [1.29, 1.82) is 0 Å². The maximum atomic E-state index is 6.29. The van der Waals surface area contributed by atoms with Crippen molar-refractivity contribution < 1.29 is 23.7 Å². The third kappa shape index (κ3) is 4.86. The van der Waals surface area contributed by atoms with Crippen LogP contribution in [0.2, 0.25) is 0 Å². The maximum absolute atomic E-state index is 6.29. The van der Waals surface area contributed by atoms with Crippen LogP contribution in [0.5, 0.6) is 28.7 Å². The molecule has 0 unspecified atom stereocenters. The van der Waals surface area contributed by atoms with E-state index in [1.807, 2.05) is 60.7 Å². The third-order valence-electron chi connectivity index (χ3n) is 5.10. The summed E-state index contributed by atoms with van der Waals surface area (Å²) in [6.07, 6.45) is -0.364. The van der Waals surface area contributed by atoms with Crippen LogP contribution in [0.4, 0.5) is 0 Å². The van der Waals surface area contributed by atoms with Gasteiger partial charge < -0.3 is 29.0 Å². The quantitative estimate of drug-likeness (QED) is 0.521. The van der Waals surface area contributed by atoms with Crippen LogP contribution in [0.3, 0.4) is 0 Å². The van der Waals surface area contributed by atoms with Crippen molar-refractivity contribution in [2.24, 2.45) is 0 Å². The summed E-state index contributed by atoms with van der Waals surface area (Å²) in [5.74, 6) is 3.41. The van der Waals surface area contributed by atoms with E-state index in [2.05, 4.69) is 17.4 Å². The molecule has 1 N–H and O–H groups in total. The summed E-state index contributed by atoms with van der Waals surface area (Å²) >= 11 is 0. The molecule has 0 aliphatic carbocycles. The Morgan fingerprint density at radius 2 is 1.42 bits per heavy atom. The van der Waals surface area contributed by atoms with Gasteiger partial charge in [0.15, 0.2) is 35.2 Å². The van der Waals surface area contributed by atoms with Crippen molar-refractivity contribution in [3.63, 3.8) is 0 Å². The van der Waals surface area contributed by atoms with Crippen LogP contribution in [-0.2, 0) is 0 Å². The third-order valence-corrected chi connectivity index (χ3v) is 5.10. The zero-order chi connectivity index (χ0) is 21.5. The van der Waals surface area contributed by atoms with Crippen LogP contribution < -0.4 is 29.0 Å². The average Bonchev–Trinajstić information content (AvgIpc) is 2.83. The van der Waals surface area contributed by atoms with E-state index in [9.17, 15) is 0 Å². The lowest BCUT2D eigenvalue weighted by Crippen LogP contribution is -2.42. The minimum absolute atomic E-state index is 0.168. The van der Waals surface area contributed by atoms with E-state index in [0.717, 1.165) is 17.1 Å². The van der Waals surface area contributed by atoms with Crippen LogP contribution in [0, 0.1) is 0 Å². The number of benzene rings is 3. The first kappa shape index (κ1) is 20.9.